The number of carbonyl (C=O) groups excluding carboxylic acids is 3. The molecule has 3 heterocycles. The number of hydrogen-bond donors (Lipinski definition) is 2. The minimum atomic E-state index is -0.540. The molecule has 1 unspecified atom stereocenters. The molecule has 2 atom stereocenters. The van der Waals surface area contributed by atoms with Crippen LogP contribution < -0.4 is 25.0 Å². The molecule has 3 aromatic carbocycles. The lowest BCUT2D eigenvalue weighted by Gasteiger charge is -2.39. The second kappa shape index (κ2) is 17.0. The van der Waals surface area contributed by atoms with E-state index in [1.165, 1.54) is 15.5 Å². The lowest BCUT2D eigenvalue weighted by molar-refractivity contribution is -0.109. The van der Waals surface area contributed by atoms with E-state index in [4.69, 9.17) is 9.47 Å². The van der Waals surface area contributed by atoms with Gasteiger partial charge in [-0.2, -0.15) is 0 Å². The van der Waals surface area contributed by atoms with Crippen molar-refractivity contribution in [1.29, 1.82) is 0 Å². The number of nitrogens with zero attached hydrogens (tertiary/aromatic N) is 3. The van der Waals surface area contributed by atoms with Crippen LogP contribution in [0.25, 0.3) is 0 Å². The van der Waals surface area contributed by atoms with Crippen molar-refractivity contribution in [3.8, 4) is 11.5 Å². The molecule has 2 N–H and O–H groups in total. The Morgan fingerprint density at radius 3 is 2.24 bits per heavy atom. The van der Waals surface area contributed by atoms with Gasteiger partial charge in [0.05, 0.1) is 42.1 Å². The first kappa shape index (κ1) is 35.4. The van der Waals surface area contributed by atoms with Gasteiger partial charge in [-0.15, -0.1) is 11.3 Å². The molecule has 6 rings (SSSR count). The van der Waals surface area contributed by atoms with Crippen molar-refractivity contribution in [1.82, 2.24) is 15.1 Å². The van der Waals surface area contributed by atoms with E-state index < -0.39 is 6.04 Å². The number of piperazine rings is 1. The Hall–Kier alpha value is -4.87. The zero-order valence-corrected chi connectivity index (χ0v) is 29.4. The standard InChI is InChI=1S/C33H38N4O5.C5H7NS/c1-23(24-9-5-4-6-10-24)35-17-19-36(20-18-35)28-12-7-11-26-31(28)33(40)37(32(26)39)27(13-8-16-34-22-38)25-14-15-29(41-2)30(21-25)42-3;1-6-5-3-2-4-7-5/h4-7,9-12,14-15,21-23,27H,8,13,16-20H2,1-3H3,(H,34,38);2-4,6H,1H3/t23-,27?;/m1./s1. The summed E-state index contributed by atoms with van der Waals surface area (Å²) in [7, 11) is 5.04. The monoisotopic (exact) mass is 683 g/mol. The second-order valence-corrected chi connectivity index (χ2v) is 12.8. The molecule has 10 nitrogen and oxygen atoms in total. The van der Waals surface area contributed by atoms with Gasteiger partial charge in [-0.05, 0) is 72.7 Å². The molecule has 49 heavy (non-hydrogen) atoms. The van der Waals surface area contributed by atoms with Crippen molar-refractivity contribution in [3.05, 3.63) is 106 Å². The van der Waals surface area contributed by atoms with E-state index in [1.54, 1.807) is 37.7 Å². The predicted octanol–water partition coefficient (Wildman–Crippen LogP) is 6.24. The number of anilines is 2. The van der Waals surface area contributed by atoms with Crippen LogP contribution in [-0.2, 0) is 4.79 Å². The van der Waals surface area contributed by atoms with Gasteiger partial charge in [-0.1, -0.05) is 42.5 Å². The smallest absolute Gasteiger partial charge is 0.264 e. The number of methoxy groups -OCH3 is 2. The maximum Gasteiger partial charge on any atom is 0.264 e. The van der Waals surface area contributed by atoms with Gasteiger partial charge in [0, 0.05) is 45.8 Å². The molecule has 258 valence electrons. The number of rotatable bonds is 13. The van der Waals surface area contributed by atoms with Crippen LogP contribution in [0.3, 0.4) is 0 Å². The number of ether oxygens (including phenoxy) is 2. The molecule has 0 aliphatic carbocycles. The largest absolute Gasteiger partial charge is 0.493 e. The minimum Gasteiger partial charge on any atom is -0.493 e. The molecule has 4 aromatic rings. The summed E-state index contributed by atoms with van der Waals surface area (Å²) in [6.07, 6.45) is 1.72. The summed E-state index contributed by atoms with van der Waals surface area (Å²) in [6.45, 7) is 5.88. The molecule has 1 fully saturated rings. The Bertz CT molecular complexity index is 1690. The zero-order valence-electron chi connectivity index (χ0n) is 28.6. The van der Waals surface area contributed by atoms with E-state index in [0.717, 1.165) is 37.4 Å². The quantitative estimate of drug-likeness (QED) is 0.0971. The first-order valence-electron chi connectivity index (χ1n) is 16.6. The molecule has 0 radical (unpaired) electrons. The molecule has 0 bridgehead atoms. The van der Waals surface area contributed by atoms with Gasteiger partial charge in [0.25, 0.3) is 11.8 Å². The van der Waals surface area contributed by atoms with E-state index in [2.05, 4.69) is 51.6 Å². The van der Waals surface area contributed by atoms with E-state index in [9.17, 15) is 14.4 Å². The fourth-order valence-corrected chi connectivity index (χ4v) is 7.09. The summed E-state index contributed by atoms with van der Waals surface area (Å²) in [5.41, 5.74) is 3.73. The molecule has 11 heteroatoms. The SMILES string of the molecule is CNc1cccs1.COc1ccc(C(CCCNC=O)N2C(=O)c3cccc(N4CCN([C@H](C)c5ccccc5)CC4)c3C2=O)cc1OC. The molecule has 3 amide bonds. The van der Waals surface area contributed by atoms with E-state index in [-0.39, 0.29) is 11.8 Å². The summed E-state index contributed by atoms with van der Waals surface area (Å²) < 4.78 is 10.9. The van der Waals surface area contributed by atoms with Gasteiger partial charge in [0.1, 0.15) is 0 Å². The second-order valence-electron chi connectivity index (χ2n) is 11.9. The van der Waals surface area contributed by atoms with Gasteiger partial charge in [-0.3, -0.25) is 24.2 Å². The van der Waals surface area contributed by atoms with Crippen molar-refractivity contribution < 1.29 is 23.9 Å². The highest BCUT2D eigenvalue weighted by Crippen LogP contribution is 2.40. The fourth-order valence-electron chi connectivity index (χ4n) is 6.51. The number of amides is 3. The van der Waals surface area contributed by atoms with E-state index >= 15 is 0 Å². The first-order chi connectivity index (χ1) is 23.9. The van der Waals surface area contributed by atoms with Crippen LogP contribution in [0, 0.1) is 0 Å². The third kappa shape index (κ3) is 8.06. The van der Waals surface area contributed by atoms with Crippen molar-refractivity contribution in [2.45, 2.75) is 31.8 Å². The van der Waals surface area contributed by atoms with Crippen LogP contribution >= 0.6 is 11.3 Å². The van der Waals surface area contributed by atoms with Crippen LogP contribution in [0.2, 0.25) is 0 Å². The molecule has 1 aromatic heterocycles. The summed E-state index contributed by atoms with van der Waals surface area (Å²) in [4.78, 5) is 44.9. The Morgan fingerprint density at radius 2 is 1.61 bits per heavy atom. The summed E-state index contributed by atoms with van der Waals surface area (Å²) in [5.74, 6) is 0.476. The summed E-state index contributed by atoms with van der Waals surface area (Å²) in [6, 6.07) is 25.3. The fraction of sp³-hybridized carbons (Fsp3) is 0.342. The highest BCUT2D eigenvalue weighted by molar-refractivity contribution is 7.14. The predicted molar refractivity (Wildman–Crippen MR) is 195 cm³/mol. The molecular weight excluding hydrogens is 639 g/mol. The van der Waals surface area contributed by atoms with E-state index in [1.807, 2.05) is 54.9 Å². The molecular formula is C38H45N5O5S. The minimum absolute atomic E-state index is 0.296. The Labute approximate surface area is 292 Å². The zero-order chi connectivity index (χ0) is 34.8. The molecule has 0 saturated carbocycles. The Balaban J connectivity index is 0.000000595. The number of hydrogen-bond acceptors (Lipinski definition) is 9. The van der Waals surface area contributed by atoms with Crippen molar-refractivity contribution >= 4 is 40.2 Å². The van der Waals surface area contributed by atoms with Crippen molar-refractivity contribution in [2.75, 3.05) is 64.2 Å². The lowest BCUT2D eigenvalue weighted by Crippen LogP contribution is -2.47. The Kier molecular flexibility index (Phi) is 12.3. The number of carbonyl (C=O) groups is 3. The number of nitrogens with one attached hydrogen (secondary N) is 2. The topological polar surface area (TPSA) is 103 Å². The molecule has 1 saturated heterocycles. The van der Waals surface area contributed by atoms with Crippen LogP contribution in [0.15, 0.2) is 84.2 Å². The van der Waals surface area contributed by atoms with Gasteiger partial charge in [-0.25, -0.2) is 0 Å². The van der Waals surface area contributed by atoms with Gasteiger partial charge in [0.15, 0.2) is 11.5 Å². The van der Waals surface area contributed by atoms with Crippen molar-refractivity contribution in [2.24, 2.45) is 0 Å². The summed E-state index contributed by atoms with van der Waals surface area (Å²) in [5, 5.41) is 8.97. The first-order valence-corrected chi connectivity index (χ1v) is 17.4. The number of imide groups is 1. The lowest BCUT2D eigenvalue weighted by atomic mass is 9.99. The van der Waals surface area contributed by atoms with E-state index in [0.29, 0.717) is 54.5 Å². The van der Waals surface area contributed by atoms with Crippen LogP contribution in [0.1, 0.15) is 63.7 Å². The average molecular weight is 684 g/mol. The molecule has 2 aliphatic rings. The Morgan fingerprint density at radius 1 is 0.857 bits per heavy atom. The van der Waals surface area contributed by atoms with Gasteiger partial charge < -0.3 is 25.0 Å². The van der Waals surface area contributed by atoms with Gasteiger partial charge >= 0.3 is 0 Å². The average Bonchev–Trinajstić information content (AvgIpc) is 3.78. The normalized spacial score (nSPS) is 15.5. The number of benzene rings is 3. The molecule has 2 aliphatic heterocycles. The van der Waals surface area contributed by atoms with Crippen LogP contribution in [0.4, 0.5) is 10.7 Å². The highest BCUT2D eigenvalue weighted by atomic mass is 32.1. The van der Waals surface area contributed by atoms with Crippen LogP contribution in [0.5, 0.6) is 11.5 Å². The van der Waals surface area contributed by atoms with Gasteiger partial charge in [0.2, 0.25) is 6.41 Å². The maximum absolute atomic E-state index is 14.1. The molecule has 0 spiro atoms. The van der Waals surface area contributed by atoms with Crippen LogP contribution in [-0.4, -0.2) is 82.0 Å². The van der Waals surface area contributed by atoms with Crippen molar-refractivity contribution in [3.63, 3.8) is 0 Å². The maximum atomic E-state index is 14.1. The third-order valence-corrected chi connectivity index (χ3v) is 10.0. The highest BCUT2D eigenvalue weighted by Gasteiger charge is 2.43. The summed E-state index contributed by atoms with van der Waals surface area (Å²) >= 11 is 1.71. The third-order valence-electron chi connectivity index (χ3n) is 9.16. The number of thiophene rings is 1. The number of fused-ring (bicyclic) bond motifs is 1.